The first-order valence-electron chi connectivity index (χ1n) is 10.7. The number of aldehydes is 2. The van der Waals surface area contributed by atoms with Crippen molar-refractivity contribution < 1.29 is 9.59 Å². The van der Waals surface area contributed by atoms with Crippen LogP contribution in [0.15, 0.2) is 48.1 Å². The Morgan fingerprint density at radius 1 is 1.00 bits per heavy atom. The summed E-state index contributed by atoms with van der Waals surface area (Å²) in [4.78, 5) is 20.4. The number of hydrogen-bond donors (Lipinski definition) is 0. The van der Waals surface area contributed by atoms with Crippen molar-refractivity contribution in [2.45, 2.75) is 73.6 Å². The van der Waals surface area contributed by atoms with Crippen LogP contribution in [0, 0.1) is 28.6 Å². The molecule has 0 spiro atoms. The minimum atomic E-state index is 0.362. The molecule has 0 N–H and O–H groups in total. The fourth-order valence-corrected chi connectivity index (χ4v) is 4.78. The second kappa shape index (κ2) is 11.3. The van der Waals surface area contributed by atoms with Gasteiger partial charge in [-0.1, -0.05) is 70.6 Å². The predicted molar refractivity (Wildman–Crippen MR) is 120 cm³/mol. The highest BCUT2D eigenvalue weighted by molar-refractivity contribution is 5.64. The molecule has 2 unspecified atom stereocenters. The third-order valence-corrected chi connectivity index (χ3v) is 6.66. The van der Waals surface area contributed by atoms with Gasteiger partial charge in [-0.25, -0.2) is 0 Å². The summed E-state index contributed by atoms with van der Waals surface area (Å²) in [5, 5.41) is 0. The lowest BCUT2D eigenvalue weighted by atomic mass is 9.66. The summed E-state index contributed by atoms with van der Waals surface area (Å²) in [5.41, 5.74) is 2.23. The Balaban J connectivity index is 0.000000280. The van der Waals surface area contributed by atoms with E-state index in [0.29, 0.717) is 28.6 Å². The van der Waals surface area contributed by atoms with Gasteiger partial charge in [-0.2, -0.15) is 0 Å². The molecule has 0 aromatic carbocycles. The minimum absolute atomic E-state index is 0.362. The van der Waals surface area contributed by atoms with Crippen LogP contribution in [-0.2, 0) is 9.59 Å². The Kier molecular flexibility index (Phi) is 9.85. The minimum Gasteiger partial charge on any atom is -0.299 e. The fourth-order valence-electron chi connectivity index (χ4n) is 4.78. The summed E-state index contributed by atoms with van der Waals surface area (Å²) in [7, 11) is 0. The highest BCUT2D eigenvalue weighted by atomic mass is 16.1. The molecule has 2 aliphatic rings. The first kappa shape index (κ1) is 24.3. The van der Waals surface area contributed by atoms with Gasteiger partial charge in [0.25, 0.3) is 0 Å². The summed E-state index contributed by atoms with van der Waals surface area (Å²) in [6, 6.07) is 0. The molecule has 156 valence electrons. The van der Waals surface area contributed by atoms with Crippen LogP contribution >= 0.6 is 0 Å². The monoisotopic (exact) mass is 384 g/mol. The molecular weight excluding hydrogens is 344 g/mol. The van der Waals surface area contributed by atoms with Crippen LogP contribution in [0.4, 0.5) is 0 Å². The predicted octanol–water partition coefficient (Wildman–Crippen LogP) is 6.88. The molecule has 0 amide bonds. The lowest BCUT2D eigenvalue weighted by Crippen LogP contribution is -2.30. The first-order chi connectivity index (χ1) is 13.2. The maximum absolute atomic E-state index is 10.2. The SMILES string of the molecule is CC1=CCCC(C)(C)[C@@H]1CC=CC=O.CC1C=CCC(C)(C)C1CC=CC=O. The van der Waals surface area contributed by atoms with Crippen LogP contribution in [0.2, 0.25) is 0 Å². The number of allylic oxidation sites excluding steroid dienone is 8. The fraction of sp³-hybridized carbons (Fsp3) is 0.615. The second-order valence-corrected chi connectivity index (χ2v) is 9.71. The molecule has 0 aromatic heterocycles. The van der Waals surface area contributed by atoms with E-state index in [1.807, 2.05) is 12.2 Å². The zero-order chi connectivity index (χ0) is 21.2. The summed E-state index contributed by atoms with van der Waals surface area (Å²) in [5.74, 6) is 1.88. The normalized spacial score (nSPS) is 28.5. The van der Waals surface area contributed by atoms with Gasteiger partial charge in [-0.3, -0.25) is 9.59 Å². The number of hydrogen-bond acceptors (Lipinski definition) is 2. The Morgan fingerprint density at radius 3 is 2.14 bits per heavy atom. The quantitative estimate of drug-likeness (QED) is 0.284. The van der Waals surface area contributed by atoms with Crippen molar-refractivity contribution in [1.82, 2.24) is 0 Å². The first-order valence-corrected chi connectivity index (χ1v) is 10.7. The van der Waals surface area contributed by atoms with Gasteiger partial charge in [0, 0.05) is 0 Å². The van der Waals surface area contributed by atoms with Crippen molar-refractivity contribution >= 4 is 12.6 Å². The van der Waals surface area contributed by atoms with Crippen LogP contribution in [0.1, 0.15) is 73.6 Å². The average molecular weight is 385 g/mol. The largest absolute Gasteiger partial charge is 0.299 e. The lowest BCUT2D eigenvalue weighted by Gasteiger charge is -2.39. The van der Waals surface area contributed by atoms with E-state index in [2.05, 4.69) is 59.8 Å². The molecule has 0 saturated heterocycles. The molecule has 2 rings (SSSR count). The number of rotatable bonds is 6. The third-order valence-electron chi connectivity index (χ3n) is 6.66. The van der Waals surface area contributed by atoms with E-state index in [-0.39, 0.29) is 0 Å². The summed E-state index contributed by atoms with van der Waals surface area (Å²) in [6.07, 6.45) is 21.4. The highest BCUT2D eigenvalue weighted by Gasteiger charge is 2.33. The van der Waals surface area contributed by atoms with Gasteiger partial charge in [-0.15, -0.1) is 0 Å². The molecule has 0 heterocycles. The van der Waals surface area contributed by atoms with Crippen LogP contribution in [0.3, 0.4) is 0 Å². The van der Waals surface area contributed by atoms with Gasteiger partial charge in [0.05, 0.1) is 0 Å². The topological polar surface area (TPSA) is 34.1 Å². The van der Waals surface area contributed by atoms with Gasteiger partial charge in [-0.05, 0) is 79.8 Å². The van der Waals surface area contributed by atoms with E-state index in [0.717, 1.165) is 31.8 Å². The Hall–Kier alpha value is -1.70. The molecule has 0 saturated carbocycles. The molecular formula is C26H40O2. The van der Waals surface area contributed by atoms with Crippen molar-refractivity contribution in [1.29, 1.82) is 0 Å². The lowest BCUT2D eigenvalue weighted by molar-refractivity contribution is -0.104. The van der Waals surface area contributed by atoms with Crippen molar-refractivity contribution in [3.8, 4) is 0 Å². The van der Waals surface area contributed by atoms with E-state index in [4.69, 9.17) is 0 Å². The Bertz CT molecular complexity index is 614. The van der Waals surface area contributed by atoms with E-state index in [1.165, 1.54) is 18.4 Å². The van der Waals surface area contributed by atoms with Gasteiger partial charge in [0.15, 0.2) is 0 Å². The van der Waals surface area contributed by atoms with Crippen LogP contribution in [0.5, 0.6) is 0 Å². The van der Waals surface area contributed by atoms with Crippen LogP contribution < -0.4 is 0 Å². The molecule has 28 heavy (non-hydrogen) atoms. The van der Waals surface area contributed by atoms with Gasteiger partial charge < -0.3 is 0 Å². The highest BCUT2D eigenvalue weighted by Crippen LogP contribution is 2.43. The van der Waals surface area contributed by atoms with Gasteiger partial charge in [0.1, 0.15) is 12.6 Å². The van der Waals surface area contributed by atoms with Crippen molar-refractivity contribution in [3.05, 3.63) is 48.1 Å². The Labute approximate surface area is 172 Å². The zero-order valence-corrected chi connectivity index (χ0v) is 18.8. The van der Waals surface area contributed by atoms with E-state index < -0.39 is 0 Å². The van der Waals surface area contributed by atoms with Crippen molar-refractivity contribution in [2.75, 3.05) is 0 Å². The third kappa shape index (κ3) is 7.37. The van der Waals surface area contributed by atoms with E-state index >= 15 is 0 Å². The smallest absolute Gasteiger partial charge is 0.142 e. The summed E-state index contributed by atoms with van der Waals surface area (Å²) >= 11 is 0. The molecule has 2 nitrogen and oxygen atoms in total. The molecule has 0 radical (unpaired) electrons. The van der Waals surface area contributed by atoms with Crippen LogP contribution in [0.25, 0.3) is 0 Å². The second-order valence-electron chi connectivity index (χ2n) is 9.71. The van der Waals surface area contributed by atoms with Gasteiger partial charge in [0.2, 0.25) is 0 Å². The van der Waals surface area contributed by atoms with Crippen molar-refractivity contribution in [2.24, 2.45) is 28.6 Å². The summed E-state index contributed by atoms with van der Waals surface area (Å²) in [6.45, 7) is 13.7. The van der Waals surface area contributed by atoms with Gasteiger partial charge >= 0.3 is 0 Å². The molecule has 0 fully saturated rings. The number of carbonyl (C=O) groups excluding carboxylic acids is 2. The molecule has 0 bridgehead atoms. The molecule has 2 aliphatic carbocycles. The molecule has 0 aliphatic heterocycles. The Morgan fingerprint density at radius 2 is 1.61 bits per heavy atom. The van der Waals surface area contributed by atoms with Crippen molar-refractivity contribution in [3.63, 3.8) is 0 Å². The maximum Gasteiger partial charge on any atom is 0.142 e. The standard InChI is InChI=1S/2C13H20O/c2*1-11-7-6-9-13(2,3)12(11)8-4-5-10-14/h4-5,7,10,12H,6,8-9H2,1-3H3;4-7,10-12H,8-9H2,1-3H3/t12-;/m1./s1. The number of carbonyl (C=O) groups is 2. The zero-order valence-electron chi connectivity index (χ0n) is 18.8. The molecule has 0 aromatic rings. The van der Waals surface area contributed by atoms with E-state index in [9.17, 15) is 9.59 Å². The summed E-state index contributed by atoms with van der Waals surface area (Å²) < 4.78 is 0. The molecule has 3 atom stereocenters. The van der Waals surface area contributed by atoms with E-state index in [1.54, 1.807) is 12.2 Å². The van der Waals surface area contributed by atoms with Crippen LogP contribution in [-0.4, -0.2) is 12.6 Å². The maximum atomic E-state index is 10.2. The average Bonchev–Trinajstić information content (AvgIpc) is 2.60. The molecule has 2 heteroatoms.